The molecule has 1 atom stereocenters. The van der Waals surface area contributed by atoms with E-state index in [0.29, 0.717) is 0 Å². The highest BCUT2D eigenvalue weighted by atomic mass is 14.7. The van der Waals surface area contributed by atoms with Crippen molar-refractivity contribution in [3.8, 4) is 5.92 Å². The largest absolute Gasteiger partial charge is 0.257 e. The summed E-state index contributed by atoms with van der Waals surface area (Å²) in [4.78, 5) is 4.80. The average Bonchev–Trinajstić information content (AvgIpc) is 2.25. The van der Waals surface area contributed by atoms with Crippen molar-refractivity contribution in [2.24, 2.45) is 0 Å². The average molecular weight is 242 g/mol. The van der Waals surface area contributed by atoms with E-state index in [9.17, 15) is 0 Å². The van der Waals surface area contributed by atoms with Gasteiger partial charge in [-0.25, -0.2) is 0 Å². The normalized spacial score (nSPS) is 14.1. The van der Waals surface area contributed by atoms with E-state index in [0.717, 1.165) is 17.0 Å². The highest BCUT2D eigenvalue weighted by Crippen LogP contribution is 2.29. The van der Waals surface area contributed by atoms with Crippen molar-refractivity contribution in [1.29, 1.82) is 0 Å². The van der Waals surface area contributed by atoms with Crippen LogP contribution in [0, 0.1) is 12.3 Å². The molecule has 0 aromatic carbocycles. The molecule has 0 fully saturated rings. The summed E-state index contributed by atoms with van der Waals surface area (Å²) in [5, 5.41) is 0. The lowest BCUT2D eigenvalue weighted by Crippen LogP contribution is -2.20. The molecule has 18 heavy (non-hydrogen) atoms. The summed E-state index contributed by atoms with van der Waals surface area (Å²) in [5.41, 5.74) is 3.36. The van der Waals surface area contributed by atoms with Crippen LogP contribution in [0.2, 0.25) is 0 Å². The zero-order valence-corrected chi connectivity index (χ0v) is 12.7. The molecular formula is C17H24N. The fourth-order valence-corrected chi connectivity index (χ4v) is 1.65. The molecule has 0 aliphatic rings. The highest BCUT2D eigenvalue weighted by Gasteiger charge is 2.23. The second kappa shape index (κ2) is 4.76. The molecule has 0 saturated carbocycles. The Morgan fingerprint density at radius 1 is 1.00 bits per heavy atom. The molecule has 1 aromatic rings. The van der Waals surface area contributed by atoms with Crippen LogP contribution in [0.25, 0.3) is 0 Å². The van der Waals surface area contributed by atoms with Crippen molar-refractivity contribution in [3.05, 3.63) is 35.5 Å². The van der Waals surface area contributed by atoms with Crippen molar-refractivity contribution < 1.29 is 0 Å². The minimum absolute atomic E-state index is 0.0233. The standard InChI is InChI=1S/C17H24N/c1-9-12(2)13-10-14(16(3,4)5)18-15(11-13)17(6,7)8/h10-12H,2-8H3. The van der Waals surface area contributed by atoms with Crippen LogP contribution in [0.1, 0.15) is 71.3 Å². The van der Waals surface area contributed by atoms with Gasteiger partial charge >= 0.3 is 0 Å². The summed E-state index contributed by atoms with van der Waals surface area (Å²) in [7, 11) is 0. The van der Waals surface area contributed by atoms with Crippen LogP contribution < -0.4 is 0 Å². The summed E-state index contributed by atoms with van der Waals surface area (Å²) < 4.78 is 0. The second-order valence-corrected chi connectivity index (χ2v) is 7.04. The van der Waals surface area contributed by atoms with Crippen LogP contribution in [-0.4, -0.2) is 4.98 Å². The molecule has 1 aromatic heterocycles. The number of nitrogens with zero attached hydrogens (tertiary/aromatic N) is 1. The van der Waals surface area contributed by atoms with E-state index in [1.807, 2.05) is 6.92 Å². The van der Waals surface area contributed by atoms with Gasteiger partial charge in [0, 0.05) is 28.1 Å². The molecule has 1 nitrogen and oxygen atoms in total. The van der Waals surface area contributed by atoms with Crippen molar-refractivity contribution >= 4 is 0 Å². The maximum absolute atomic E-state index is 7.33. The van der Waals surface area contributed by atoms with Gasteiger partial charge in [-0.05, 0) is 31.0 Å². The Labute approximate surface area is 112 Å². The third-order valence-corrected chi connectivity index (χ3v) is 3.10. The molecular weight excluding hydrogens is 218 g/mol. The van der Waals surface area contributed by atoms with Crippen molar-refractivity contribution in [1.82, 2.24) is 4.98 Å². The number of rotatable bonds is 1. The lowest BCUT2D eigenvalue weighted by molar-refractivity contribution is 0.529. The van der Waals surface area contributed by atoms with E-state index < -0.39 is 0 Å². The molecule has 0 N–H and O–H groups in total. The number of hydrogen-bond acceptors (Lipinski definition) is 1. The van der Waals surface area contributed by atoms with Gasteiger partial charge < -0.3 is 0 Å². The van der Waals surface area contributed by atoms with Crippen molar-refractivity contribution in [2.75, 3.05) is 0 Å². The third-order valence-electron chi connectivity index (χ3n) is 3.10. The predicted molar refractivity (Wildman–Crippen MR) is 77.2 cm³/mol. The Morgan fingerprint density at radius 3 is 1.67 bits per heavy atom. The summed E-state index contributed by atoms with van der Waals surface area (Å²) >= 11 is 0. The Hall–Kier alpha value is -1.29. The van der Waals surface area contributed by atoms with Gasteiger partial charge in [0.1, 0.15) is 0 Å². The Morgan fingerprint density at radius 2 is 1.39 bits per heavy atom. The Kier molecular flexibility index (Phi) is 3.91. The quantitative estimate of drug-likeness (QED) is 0.666. The Balaban J connectivity index is 3.45. The van der Waals surface area contributed by atoms with Gasteiger partial charge in [0.25, 0.3) is 0 Å². The molecule has 0 bridgehead atoms. The van der Waals surface area contributed by atoms with E-state index in [2.05, 4.69) is 59.6 Å². The molecule has 1 radical (unpaired) electrons. The predicted octanol–water partition coefficient (Wildman–Crippen LogP) is 4.37. The summed E-state index contributed by atoms with van der Waals surface area (Å²) in [6.07, 6.45) is 7.33. The maximum atomic E-state index is 7.33. The molecule has 1 heterocycles. The SMILES string of the molecule is [C]#CC(C)c1cc(C(C)(C)C)nc(C(C)(C)C)c1. The van der Waals surface area contributed by atoms with Crippen LogP contribution in [0.4, 0.5) is 0 Å². The monoisotopic (exact) mass is 242 g/mol. The van der Waals surface area contributed by atoms with Gasteiger partial charge in [0.15, 0.2) is 0 Å². The fraction of sp³-hybridized carbons (Fsp3) is 0.588. The van der Waals surface area contributed by atoms with Crippen LogP contribution in [-0.2, 0) is 10.8 Å². The molecule has 1 rings (SSSR count). The number of aromatic nitrogens is 1. The van der Waals surface area contributed by atoms with Crippen molar-refractivity contribution in [3.63, 3.8) is 0 Å². The minimum Gasteiger partial charge on any atom is -0.257 e. The molecule has 0 saturated heterocycles. The van der Waals surface area contributed by atoms with Gasteiger partial charge in [0.05, 0.1) is 0 Å². The molecule has 1 heteroatoms. The van der Waals surface area contributed by atoms with Crippen LogP contribution in [0.3, 0.4) is 0 Å². The first-order valence-electron chi connectivity index (χ1n) is 6.51. The van der Waals surface area contributed by atoms with E-state index in [1.165, 1.54) is 0 Å². The molecule has 0 spiro atoms. The van der Waals surface area contributed by atoms with Gasteiger partial charge in [-0.3, -0.25) is 4.98 Å². The lowest BCUT2D eigenvalue weighted by atomic mass is 9.85. The number of pyridine rings is 1. The fourth-order valence-electron chi connectivity index (χ4n) is 1.65. The third kappa shape index (κ3) is 3.35. The zero-order valence-electron chi connectivity index (χ0n) is 12.7. The van der Waals surface area contributed by atoms with Gasteiger partial charge in [-0.15, -0.1) is 0 Å². The van der Waals surface area contributed by atoms with Crippen LogP contribution >= 0.6 is 0 Å². The first-order chi connectivity index (χ1) is 8.05. The van der Waals surface area contributed by atoms with Gasteiger partial charge in [-0.2, -0.15) is 0 Å². The van der Waals surface area contributed by atoms with Crippen LogP contribution in [0.15, 0.2) is 12.1 Å². The maximum Gasteiger partial charge on any atom is 0.0463 e. The summed E-state index contributed by atoms with van der Waals surface area (Å²) in [6, 6.07) is 4.23. The second-order valence-electron chi connectivity index (χ2n) is 7.04. The molecule has 0 aliphatic carbocycles. The summed E-state index contributed by atoms with van der Waals surface area (Å²) in [6.45, 7) is 15.0. The zero-order chi connectivity index (χ0) is 14.1. The minimum atomic E-state index is 0.0233. The Bertz CT molecular complexity index is 432. The van der Waals surface area contributed by atoms with E-state index in [4.69, 9.17) is 11.4 Å². The van der Waals surface area contributed by atoms with Gasteiger partial charge in [-0.1, -0.05) is 47.5 Å². The van der Waals surface area contributed by atoms with Gasteiger partial charge in [0.2, 0.25) is 0 Å². The van der Waals surface area contributed by atoms with E-state index in [1.54, 1.807) is 0 Å². The number of hydrogen-bond donors (Lipinski definition) is 0. The molecule has 97 valence electrons. The molecule has 1 unspecified atom stereocenters. The van der Waals surface area contributed by atoms with E-state index >= 15 is 0 Å². The van der Waals surface area contributed by atoms with Crippen LogP contribution in [0.5, 0.6) is 0 Å². The smallest absolute Gasteiger partial charge is 0.0463 e. The highest BCUT2D eigenvalue weighted by molar-refractivity contribution is 5.33. The molecule has 0 amide bonds. The first kappa shape index (κ1) is 14.8. The topological polar surface area (TPSA) is 12.9 Å². The molecule has 0 aliphatic heterocycles. The van der Waals surface area contributed by atoms with Crippen molar-refractivity contribution in [2.45, 2.75) is 65.2 Å². The van der Waals surface area contributed by atoms with E-state index in [-0.39, 0.29) is 16.7 Å². The lowest BCUT2D eigenvalue weighted by Gasteiger charge is -2.25. The summed E-state index contributed by atoms with van der Waals surface area (Å²) in [5.74, 6) is 2.58. The first-order valence-corrected chi connectivity index (χ1v) is 6.51.